The van der Waals surface area contributed by atoms with E-state index in [2.05, 4.69) is 15.9 Å². The zero-order valence-corrected chi connectivity index (χ0v) is 10.9. The van der Waals surface area contributed by atoms with E-state index in [-0.39, 0.29) is 5.91 Å². The zero-order chi connectivity index (χ0) is 11.9. The van der Waals surface area contributed by atoms with Gasteiger partial charge in [0, 0.05) is 16.6 Å². The monoisotopic (exact) mass is 283 g/mol. The number of hydrogen-bond acceptors (Lipinski definition) is 2. The topological polar surface area (TPSA) is 40.5 Å². The van der Waals surface area contributed by atoms with Gasteiger partial charge in [0.2, 0.25) is 0 Å². The predicted molar refractivity (Wildman–Crippen MR) is 66.4 cm³/mol. The number of nitrogens with zero attached hydrogens (tertiary/aromatic N) is 1. The molecule has 1 N–H and O–H groups in total. The van der Waals surface area contributed by atoms with Crippen LogP contribution >= 0.6 is 15.9 Å². The van der Waals surface area contributed by atoms with Crippen molar-refractivity contribution in [1.82, 2.24) is 0 Å². The average Bonchev–Trinajstić information content (AvgIpc) is 2.41. The van der Waals surface area contributed by atoms with Crippen molar-refractivity contribution in [3.8, 4) is 0 Å². The fourth-order valence-electron chi connectivity index (χ4n) is 2.14. The smallest absolute Gasteiger partial charge is 0.263 e. The summed E-state index contributed by atoms with van der Waals surface area (Å²) in [5.41, 5.74) is 0.0737. The minimum absolute atomic E-state index is 0.240. The van der Waals surface area contributed by atoms with Gasteiger partial charge in [0.15, 0.2) is 5.60 Å². The van der Waals surface area contributed by atoms with E-state index < -0.39 is 5.60 Å². The van der Waals surface area contributed by atoms with Crippen molar-refractivity contribution in [3.63, 3.8) is 0 Å². The van der Waals surface area contributed by atoms with Crippen molar-refractivity contribution in [2.24, 2.45) is 0 Å². The molecule has 86 valence electrons. The zero-order valence-electron chi connectivity index (χ0n) is 9.33. The molecule has 1 unspecified atom stereocenters. The Hall–Kier alpha value is -0.870. The van der Waals surface area contributed by atoms with Crippen LogP contribution in [0.15, 0.2) is 22.7 Å². The molecule has 1 heterocycles. The number of hydrogen-bond donors (Lipinski definition) is 1. The summed E-state index contributed by atoms with van der Waals surface area (Å²) in [4.78, 5) is 13.7. The molecule has 0 saturated carbocycles. The summed E-state index contributed by atoms with van der Waals surface area (Å²) in [5.74, 6) is -0.240. The minimum atomic E-state index is -1.41. The first kappa shape index (κ1) is 11.6. The van der Waals surface area contributed by atoms with Crippen molar-refractivity contribution in [2.45, 2.75) is 25.9 Å². The second-order valence-corrected chi connectivity index (χ2v) is 5.02. The molecular formula is C12H14BrNO2. The van der Waals surface area contributed by atoms with Crippen molar-refractivity contribution in [1.29, 1.82) is 0 Å². The molecule has 0 saturated heterocycles. The predicted octanol–water partition coefficient (Wildman–Crippen LogP) is 2.41. The summed E-state index contributed by atoms with van der Waals surface area (Å²) in [6.07, 6.45) is 0.869. The van der Waals surface area contributed by atoms with Gasteiger partial charge in [-0.3, -0.25) is 4.79 Å². The number of halogens is 1. The van der Waals surface area contributed by atoms with Gasteiger partial charge in [-0.1, -0.05) is 28.9 Å². The van der Waals surface area contributed by atoms with E-state index in [1.54, 1.807) is 11.8 Å². The first-order valence-electron chi connectivity index (χ1n) is 5.33. The fourth-order valence-corrected chi connectivity index (χ4v) is 2.89. The van der Waals surface area contributed by atoms with Crippen LogP contribution in [0.5, 0.6) is 0 Å². The van der Waals surface area contributed by atoms with E-state index in [0.29, 0.717) is 12.1 Å². The number of benzene rings is 1. The average molecular weight is 284 g/mol. The van der Waals surface area contributed by atoms with Crippen LogP contribution in [-0.4, -0.2) is 17.6 Å². The molecule has 1 atom stereocenters. The van der Waals surface area contributed by atoms with Crippen molar-refractivity contribution in [2.75, 3.05) is 11.4 Å². The maximum absolute atomic E-state index is 12.1. The second-order valence-electron chi connectivity index (χ2n) is 4.16. The molecule has 0 aliphatic carbocycles. The Morgan fingerprint density at radius 3 is 2.81 bits per heavy atom. The number of carbonyl (C=O) groups excluding carboxylic acids is 1. The molecule has 0 aromatic heterocycles. The van der Waals surface area contributed by atoms with Crippen molar-refractivity contribution >= 4 is 27.5 Å². The Labute approximate surface area is 103 Å². The first-order chi connectivity index (χ1) is 7.50. The van der Waals surface area contributed by atoms with Gasteiger partial charge in [-0.15, -0.1) is 0 Å². The van der Waals surface area contributed by atoms with Gasteiger partial charge in [0.25, 0.3) is 5.91 Å². The number of aliphatic hydroxyl groups is 1. The number of carbonyl (C=O) groups is 1. The summed E-state index contributed by atoms with van der Waals surface area (Å²) in [5, 5.41) is 10.3. The van der Waals surface area contributed by atoms with E-state index >= 15 is 0 Å². The molecule has 1 aliphatic heterocycles. The van der Waals surface area contributed by atoms with Gasteiger partial charge in [-0.05, 0) is 25.5 Å². The lowest BCUT2D eigenvalue weighted by atomic mass is 9.98. The third-order valence-electron chi connectivity index (χ3n) is 2.88. The van der Waals surface area contributed by atoms with Crippen LogP contribution in [0.1, 0.15) is 25.8 Å². The van der Waals surface area contributed by atoms with E-state index in [9.17, 15) is 9.90 Å². The standard InChI is InChI=1S/C12H14BrNO2/c1-3-7-14-9-6-4-5-8(13)10(9)12(2,16)11(14)15/h4-6,16H,3,7H2,1-2H3. The Morgan fingerprint density at radius 1 is 1.50 bits per heavy atom. The van der Waals surface area contributed by atoms with E-state index in [1.165, 1.54) is 0 Å². The molecule has 1 amide bonds. The molecule has 0 radical (unpaired) electrons. The Kier molecular flexibility index (Phi) is 2.80. The van der Waals surface area contributed by atoms with Crippen LogP contribution in [0.3, 0.4) is 0 Å². The lowest BCUT2D eigenvalue weighted by molar-refractivity contribution is -0.134. The molecule has 1 aromatic carbocycles. The maximum atomic E-state index is 12.1. The lowest BCUT2D eigenvalue weighted by Gasteiger charge is -2.18. The maximum Gasteiger partial charge on any atom is 0.263 e. The summed E-state index contributed by atoms with van der Waals surface area (Å²) >= 11 is 3.39. The normalized spacial score (nSPS) is 23.8. The van der Waals surface area contributed by atoms with Crippen molar-refractivity contribution in [3.05, 3.63) is 28.2 Å². The van der Waals surface area contributed by atoms with Gasteiger partial charge in [-0.25, -0.2) is 0 Å². The molecule has 3 nitrogen and oxygen atoms in total. The van der Waals surface area contributed by atoms with E-state index in [0.717, 1.165) is 16.6 Å². The van der Waals surface area contributed by atoms with Crippen LogP contribution in [0, 0.1) is 0 Å². The van der Waals surface area contributed by atoms with Crippen molar-refractivity contribution < 1.29 is 9.90 Å². The number of amides is 1. The second kappa shape index (κ2) is 3.86. The van der Waals surface area contributed by atoms with Gasteiger partial charge in [0.1, 0.15) is 0 Å². The molecule has 0 fully saturated rings. The number of fused-ring (bicyclic) bond motifs is 1. The minimum Gasteiger partial charge on any atom is -0.375 e. The van der Waals surface area contributed by atoms with E-state index in [1.807, 2.05) is 25.1 Å². The fraction of sp³-hybridized carbons (Fsp3) is 0.417. The third-order valence-corrected chi connectivity index (χ3v) is 3.54. The van der Waals surface area contributed by atoms with E-state index in [4.69, 9.17) is 0 Å². The summed E-state index contributed by atoms with van der Waals surface area (Å²) in [6.45, 7) is 4.20. The summed E-state index contributed by atoms with van der Waals surface area (Å²) in [6, 6.07) is 5.59. The Bertz CT molecular complexity index is 443. The Morgan fingerprint density at radius 2 is 2.19 bits per heavy atom. The number of anilines is 1. The number of rotatable bonds is 2. The molecule has 16 heavy (non-hydrogen) atoms. The molecular weight excluding hydrogens is 270 g/mol. The largest absolute Gasteiger partial charge is 0.375 e. The van der Waals surface area contributed by atoms with Crippen LogP contribution in [0.4, 0.5) is 5.69 Å². The van der Waals surface area contributed by atoms with Crippen LogP contribution < -0.4 is 4.90 Å². The van der Waals surface area contributed by atoms with Crippen LogP contribution in [0.25, 0.3) is 0 Å². The molecule has 4 heteroatoms. The van der Waals surface area contributed by atoms with Gasteiger partial charge >= 0.3 is 0 Å². The SMILES string of the molecule is CCCN1C(=O)C(C)(O)c2c(Br)cccc21. The first-order valence-corrected chi connectivity index (χ1v) is 6.12. The Balaban J connectivity index is 2.60. The molecule has 0 spiro atoms. The van der Waals surface area contributed by atoms with Gasteiger partial charge in [0.05, 0.1) is 5.69 Å². The quantitative estimate of drug-likeness (QED) is 0.906. The van der Waals surface area contributed by atoms with Gasteiger partial charge < -0.3 is 10.0 Å². The third kappa shape index (κ3) is 1.48. The molecule has 1 aliphatic rings. The highest BCUT2D eigenvalue weighted by molar-refractivity contribution is 9.10. The highest BCUT2D eigenvalue weighted by Crippen LogP contribution is 2.43. The van der Waals surface area contributed by atoms with Crippen LogP contribution in [0.2, 0.25) is 0 Å². The highest BCUT2D eigenvalue weighted by Gasteiger charge is 2.46. The van der Waals surface area contributed by atoms with Crippen LogP contribution in [-0.2, 0) is 10.4 Å². The molecule has 1 aromatic rings. The molecule has 2 rings (SSSR count). The highest BCUT2D eigenvalue weighted by atomic mass is 79.9. The lowest BCUT2D eigenvalue weighted by Crippen LogP contribution is -2.38. The van der Waals surface area contributed by atoms with Gasteiger partial charge in [-0.2, -0.15) is 0 Å². The summed E-state index contributed by atoms with van der Waals surface area (Å²) < 4.78 is 0.780. The molecule has 0 bridgehead atoms. The summed E-state index contributed by atoms with van der Waals surface area (Å²) in [7, 11) is 0.